The number of aryl methyl sites for hydroxylation is 2. The zero-order valence-electron chi connectivity index (χ0n) is 8.86. The van der Waals surface area contributed by atoms with Crippen LogP contribution in [0, 0.1) is 13.8 Å². The molecule has 3 heteroatoms. The molecular weight excluding hydrogens is 190 g/mol. The second-order valence-corrected chi connectivity index (χ2v) is 3.54. The predicted molar refractivity (Wildman–Crippen MR) is 56.8 cm³/mol. The van der Waals surface area contributed by atoms with E-state index >= 15 is 0 Å². The molecule has 1 aromatic heterocycles. The largest absolute Gasteiger partial charge is 0.485 e. The molecule has 0 unspecified atom stereocenters. The molecular formula is C12H13NO2. The highest BCUT2D eigenvalue weighted by Gasteiger charge is 2.02. The van der Waals surface area contributed by atoms with Crippen molar-refractivity contribution in [3.63, 3.8) is 0 Å². The third kappa shape index (κ3) is 2.37. The molecule has 0 saturated heterocycles. The SMILES string of the molecule is Cc1ccc(C)c(OCc2ccno2)c1. The molecule has 78 valence electrons. The zero-order valence-corrected chi connectivity index (χ0v) is 8.86. The van der Waals surface area contributed by atoms with E-state index in [4.69, 9.17) is 9.26 Å². The van der Waals surface area contributed by atoms with E-state index in [0.717, 1.165) is 17.1 Å². The summed E-state index contributed by atoms with van der Waals surface area (Å²) in [5, 5.41) is 3.62. The molecule has 0 atom stereocenters. The lowest BCUT2D eigenvalue weighted by Gasteiger charge is -2.07. The van der Waals surface area contributed by atoms with Gasteiger partial charge < -0.3 is 9.26 Å². The number of rotatable bonds is 3. The van der Waals surface area contributed by atoms with Crippen LogP contribution in [-0.4, -0.2) is 5.16 Å². The molecule has 3 nitrogen and oxygen atoms in total. The maximum absolute atomic E-state index is 5.63. The Morgan fingerprint density at radius 3 is 2.87 bits per heavy atom. The number of hydrogen-bond donors (Lipinski definition) is 0. The molecule has 0 saturated carbocycles. The Bertz CT molecular complexity index is 435. The second-order valence-electron chi connectivity index (χ2n) is 3.54. The summed E-state index contributed by atoms with van der Waals surface area (Å²) in [5.41, 5.74) is 2.31. The Kier molecular flexibility index (Phi) is 2.72. The summed E-state index contributed by atoms with van der Waals surface area (Å²) < 4.78 is 10.6. The maximum atomic E-state index is 5.63. The summed E-state index contributed by atoms with van der Waals surface area (Å²) in [6.45, 7) is 4.49. The van der Waals surface area contributed by atoms with E-state index in [1.54, 1.807) is 12.3 Å². The van der Waals surface area contributed by atoms with Gasteiger partial charge in [0.2, 0.25) is 0 Å². The summed E-state index contributed by atoms with van der Waals surface area (Å²) >= 11 is 0. The van der Waals surface area contributed by atoms with Gasteiger partial charge in [-0.05, 0) is 31.0 Å². The standard InChI is InChI=1S/C12H13NO2/c1-9-3-4-10(2)12(7-9)14-8-11-5-6-13-15-11/h3-7H,8H2,1-2H3. The Morgan fingerprint density at radius 2 is 2.13 bits per heavy atom. The third-order valence-corrected chi connectivity index (χ3v) is 2.20. The van der Waals surface area contributed by atoms with Crippen LogP contribution in [-0.2, 0) is 6.61 Å². The van der Waals surface area contributed by atoms with Gasteiger partial charge in [0, 0.05) is 6.07 Å². The molecule has 2 aromatic rings. The van der Waals surface area contributed by atoms with E-state index in [1.807, 2.05) is 26.0 Å². The summed E-state index contributed by atoms with van der Waals surface area (Å²) in [4.78, 5) is 0. The first-order valence-electron chi connectivity index (χ1n) is 4.85. The van der Waals surface area contributed by atoms with E-state index in [9.17, 15) is 0 Å². The van der Waals surface area contributed by atoms with Crippen molar-refractivity contribution in [2.45, 2.75) is 20.5 Å². The first-order chi connectivity index (χ1) is 7.25. The fourth-order valence-electron chi connectivity index (χ4n) is 1.33. The van der Waals surface area contributed by atoms with Crippen molar-refractivity contribution < 1.29 is 9.26 Å². The van der Waals surface area contributed by atoms with Gasteiger partial charge in [0.1, 0.15) is 12.4 Å². The Hall–Kier alpha value is -1.77. The summed E-state index contributed by atoms with van der Waals surface area (Å²) in [7, 11) is 0. The minimum Gasteiger partial charge on any atom is -0.485 e. The number of aromatic nitrogens is 1. The van der Waals surface area contributed by atoms with Crippen LogP contribution in [0.15, 0.2) is 35.0 Å². The number of benzene rings is 1. The van der Waals surface area contributed by atoms with Crippen LogP contribution >= 0.6 is 0 Å². The van der Waals surface area contributed by atoms with Crippen molar-refractivity contribution in [3.05, 3.63) is 47.3 Å². The summed E-state index contributed by atoms with van der Waals surface area (Å²) in [6.07, 6.45) is 1.61. The van der Waals surface area contributed by atoms with Crippen molar-refractivity contribution in [1.29, 1.82) is 0 Å². The fourth-order valence-corrected chi connectivity index (χ4v) is 1.33. The van der Waals surface area contributed by atoms with Gasteiger partial charge in [0.15, 0.2) is 5.76 Å². The Morgan fingerprint density at radius 1 is 1.27 bits per heavy atom. The lowest BCUT2D eigenvalue weighted by Crippen LogP contribution is -1.95. The van der Waals surface area contributed by atoms with Gasteiger partial charge in [-0.2, -0.15) is 0 Å². The molecule has 2 rings (SSSR count). The summed E-state index contributed by atoms with van der Waals surface area (Å²) in [6, 6.07) is 7.93. The average Bonchev–Trinajstić information content (AvgIpc) is 2.72. The molecule has 0 radical (unpaired) electrons. The molecule has 1 aromatic carbocycles. The van der Waals surface area contributed by atoms with Crippen LogP contribution in [0.4, 0.5) is 0 Å². The van der Waals surface area contributed by atoms with E-state index < -0.39 is 0 Å². The van der Waals surface area contributed by atoms with Crippen LogP contribution in [0.5, 0.6) is 5.75 Å². The molecule has 1 heterocycles. The average molecular weight is 203 g/mol. The predicted octanol–water partition coefficient (Wildman–Crippen LogP) is 2.87. The first kappa shape index (κ1) is 9.77. The van der Waals surface area contributed by atoms with Gasteiger partial charge in [-0.15, -0.1) is 0 Å². The molecule has 0 N–H and O–H groups in total. The van der Waals surface area contributed by atoms with Gasteiger partial charge in [-0.3, -0.25) is 0 Å². The van der Waals surface area contributed by atoms with Crippen LogP contribution in [0.2, 0.25) is 0 Å². The van der Waals surface area contributed by atoms with Crippen molar-refractivity contribution >= 4 is 0 Å². The van der Waals surface area contributed by atoms with Gasteiger partial charge in [0.05, 0.1) is 6.20 Å². The van der Waals surface area contributed by atoms with Crippen molar-refractivity contribution in [1.82, 2.24) is 5.16 Å². The fraction of sp³-hybridized carbons (Fsp3) is 0.250. The number of hydrogen-bond acceptors (Lipinski definition) is 3. The van der Waals surface area contributed by atoms with E-state index in [1.165, 1.54) is 5.56 Å². The van der Waals surface area contributed by atoms with Gasteiger partial charge in [0.25, 0.3) is 0 Å². The third-order valence-electron chi connectivity index (χ3n) is 2.20. The molecule has 0 aliphatic carbocycles. The molecule has 0 aliphatic rings. The summed E-state index contributed by atoms with van der Waals surface area (Å²) in [5.74, 6) is 1.63. The van der Waals surface area contributed by atoms with Crippen molar-refractivity contribution in [2.75, 3.05) is 0 Å². The molecule has 0 amide bonds. The van der Waals surface area contributed by atoms with Crippen LogP contribution in [0.1, 0.15) is 16.9 Å². The second kappa shape index (κ2) is 4.17. The van der Waals surface area contributed by atoms with Crippen LogP contribution < -0.4 is 4.74 Å². The van der Waals surface area contributed by atoms with Crippen molar-refractivity contribution in [3.8, 4) is 5.75 Å². The van der Waals surface area contributed by atoms with Gasteiger partial charge in [-0.1, -0.05) is 17.3 Å². The minimum absolute atomic E-state index is 0.421. The Labute approximate surface area is 88.7 Å². The number of ether oxygens (including phenoxy) is 1. The molecule has 15 heavy (non-hydrogen) atoms. The Balaban J connectivity index is 2.07. The maximum Gasteiger partial charge on any atom is 0.174 e. The van der Waals surface area contributed by atoms with Crippen molar-refractivity contribution in [2.24, 2.45) is 0 Å². The lowest BCUT2D eigenvalue weighted by molar-refractivity contribution is 0.248. The topological polar surface area (TPSA) is 35.3 Å². The molecule has 0 fully saturated rings. The van der Waals surface area contributed by atoms with E-state index in [2.05, 4.69) is 11.2 Å². The molecule has 0 aliphatic heterocycles. The highest BCUT2D eigenvalue weighted by molar-refractivity contribution is 5.35. The number of nitrogens with zero attached hydrogens (tertiary/aromatic N) is 1. The van der Waals surface area contributed by atoms with E-state index in [-0.39, 0.29) is 0 Å². The molecule has 0 spiro atoms. The van der Waals surface area contributed by atoms with Crippen LogP contribution in [0.25, 0.3) is 0 Å². The zero-order chi connectivity index (χ0) is 10.7. The van der Waals surface area contributed by atoms with Gasteiger partial charge >= 0.3 is 0 Å². The normalized spacial score (nSPS) is 10.3. The smallest absolute Gasteiger partial charge is 0.174 e. The van der Waals surface area contributed by atoms with Crippen LogP contribution in [0.3, 0.4) is 0 Å². The van der Waals surface area contributed by atoms with E-state index in [0.29, 0.717) is 6.61 Å². The highest BCUT2D eigenvalue weighted by atomic mass is 16.5. The first-order valence-corrected chi connectivity index (χ1v) is 4.85. The quantitative estimate of drug-likeness (QED) is 0.769. The minimum atomic E-state index is 0.421. The molecule has 0 bridgehead atoms. The highest BCUT2D eigenvalue weighted by Crippen LogP contribution is 2.20. The van der Waals surface area contributed by atoms with Gasteiger partial charge in [-0.25, -0.2) is 0 Å². The monoisotopic (exact) mass is 203 g/mol. The lowest BCUT2D eigenvalue weighted by atomic mass is 10.1.